The van der Waals surface area contributed by atoms with Gasteiger partial charge < -0.3 is 5.73 Å². The molecule has 0 amide bonds. The summed E-state index contributed by atoms with van der Waals surface area (Å²) in [5, 5.41) is 4.51. The lowest BCUT2D eigenvalue weighted by Crippen LogP contribution is -2.11. The summed E-state index contributed by atoms with van der Waals surface area (Å²) >= 11 is 2.07. The third-order valence-electron chi connectivity index (χ3n) is 3.01. The number of nitrogens with zero attached hydrogens (tertiary/aromatic N) is 2. The van der Waals surface area contributed by atoms with Crippen LogP contribution in [0, 0.1) is 0 Å². The topological polar surface area (TPSA) is 43.8 Å². The van der Waals surface area contributed by atoms with Gasteiger partial charge in [-0.25, -0.2) is 0 Å². The van der Waals surface area contributed by atoms with Gasteiger partial charge in [-0.3, -0.25) is 4.68 Å². The second-order valence-electron chi connectivity index (χ2n) is 4.11. The van der Waals surface area contributed by atoms with Crippen LogP contribution < -0.4 is 5.73 Å². The molecule has 0 radical (unpaired) electrons. The minimum Gasteiger partial charge on any atom is -0.330 e. The van der Waals surface area contributed by atoms with E-state index in [0.717, 1.165) is 18.0 Å². The number of hydrogen-bond acceptors (Lipinski definition) is 3. The SMILES string of the molecule is Cn1nc(CCN)cc1C1CCSCC1. The van der Waals surface area contributed by atoms with Crippen LogP contribution in [-0.4, -0.2) is 27.8 Å². The minimum atomic E-state index is 0.691. The van der Waals surface area contributed by atoms with Crippen LogP contribution in [0.2, 0.25) is 0 Å². The van der Waals surface area contributed by atoms with E-state index in [2.05, 4.69) is 30.0 Å². The quantitative estimate of drug-likeness (QED) is 0.848. The van der Waals surface area contributed by atoms with Crippen molar-refractivity contribution in [2.75, 3.05) is 18.1 Å². The molecule has 2 N–H and O–H groups in total. The Kier molecular flexibility index (Phi) is 3.70. The summed E-state index contributed by atoms with van der Waals surface area (Å²) in [5.41, 5.74) is 8.09. The zero-order chi connectivity index (χ0) is 10.7. The van der Waals surface area contributed by atoms with Gasteiger partial charge in [0.2, 0.25) is 0 Å². The first-order chi connectivity index (χ1) is 7.31. The monoisotopic (exact) mass is 225 g/mol. The smallest absolute Gasteiger partial charge is 0.0640 e. The molecule has 15 heavy (non-hydrogen) atoms. The highest BCUT2D eigenvalue weighted by Crippen LogP contribution is 2.31. The molecule has 4 heteroatoms. The highest BCUT2D eigenvalue weighted by molar-refractivity contribution is 7.99. The first-order valence-corrected chi connectivity index (χ1v) is 6.77. The van der Waals surface area contributed by atoms with E-state index in [-0.39, 0.29) is 0 Å². The average molecular weight is 225 g/mol. The molecule has 0 aliphatic carbocycles. The van der Waals surface area contributed by atoms with Gasteiger partial charge in [0.15, 0.2) is 0 Å². The summed E-state index contributed by atoms with van der Waals surface area (Å²) in [6, 6.07) is 2.24. The van der Waals surface area contributed by atoms with Gasteiger partial charge in [0.1, 0.15) is 0 Å². The molecule has 0 spiro atoms. The molecule has 0 atom stereocenters. The molecule has 1 aromatic heterocycles. The predicted molar refractivity (Wildman–Crippen MR) is 65.3 cm³/mol. The van der Waals surface area contributed by atoms with E-state index in [1.54, 1.807) is 0 Å². The zero-order valence-electron chi connectivity index (χ0n) is 9.28. The molecule has 3 nitrogen and oxygen atoms in total. The van der Waals surface area contributed by atoms with Crippen molar-refractivity contribution in [1.82, 2.24) is 9.78 Å². The maximum absolute atomic E-state index is 5.55. The second kappa shape index (κ2) is 5.03. The number of nitrogens with two attached hydrogens (primary N) is 1. The minimum absolute atomic E-state index is 0.691. The van der Waals surface area contributed by atoms with Crippen LogP contribution in [0.3, 0.4) is 0 Å². The first-order valence-electron chi connectivity index (χ1n) is 5.62. The second-order valence-corrected chi connectivity index (χ2v) is 5.33. The number of aryl methyl sites for hydroxylation is 1. The van der Waals surface area contributed by atoms with E-state index in [4.69, 9.17) is 5.73 Å². The van der Waals surface area contributed by atoms with E-state index in [0.29, 0.717) is 6.54 Å². The molecule has 0 saturated carbocycles. The van der Waals surface area contributed by atoms with Crippen LogP contribution in [0.25, 0.3) is 0 Å². The fourth-order valence-corrected chi connectivity index (χ4v) is 3.30. The summed E-state index contributed by atoms with van der Waals surface area (Å²) in [7, 11) is 2.05. The Morgan fingerprint density at radius 2 is 2.27 bits per heavy atom. The van der Waals surface area contributed by atoms with E-state index in [9.17, 15) is 0 Å². The number of thioether (sulfide) groups is 1. The van der Waals surface area contributed by atoms with Crippen molar-refractivity contribution in [2.24, 2.45) is 12.8 Å². The van der Waals surface area contributed by atoms with Crippen LogP contribution in [-0.2, 0) is 13.5 Å². The van der Waals surface area contributed by atoms with Crippen LogP contribution in [0.15, 0.2) is 6.07 Å². The van der Waals surface area contributed by atoms with Crippen molar-refractivity contribution in [2.45, 2.75) is 25.2 Å². The van der Waals surface area contributed by atoms with Crippen LogP contribution in [0.5, 0.6) is 0 Å². The van der Waals surface area contributed by atoms with Crippen molar-refractivity contribution >= 4 is 11.8 Å². The molecule has 1 aliphatic heterocycles. The molecule has 2 heterocycles. The molecule has 1 saturated heterocycles. The molecule has 1 fully saturated rings. The van der Waals surface area contributed by atoms with E-state index < -0.39 is 0 Å². The number of aromatic nitrogens is 2. The normalized spacial score (nSPS) is 18.3. The first kappa shape index (κ1) is 11.0. The van der Waals surface area contributed by atoms with Crippen molar-refractivity contribution < 1.29 is 0 Å². The Morgan fingerprint density at radius 3 is 2.93 bits per heavy atom. The predicted octanol–water partition coefficient (Wildman–Crippen LogP) is 1.53. The third kappa shape index (κ3) is 2.55. The summed E-state index contributed by atoms with van der Waals surface area (Å²) in [4.78, 5) is 0. The van der Waals surface area contributed by atoms with Gasteiger partial charge in [-0.05, 0) is 37.0 Å². The molecular formula is C11H19N3S. The largest absolute Gasteiger partial charge is 0.330 e. The summed E-state index contributed by atoms with van der Waals surface area (Å²) in [6.07, 6.45) is 3.49. The highest BCUT2D eigenvalue weighted by Gasteiger charge is 2.19. The van der Waals surface area contributed by atoms with E-state index in [1.807, 2.05) is 4.68 Å². The van der Waals surface area contributed by atoms with E-state index >= 15 is 0 Å². The molecule has 0 aromatic carbocycles. The zero-order valence-corrected chi connectivity index (χ0v) is 10.1. The van der Waals surface area contributed by atoms with Crippen LogP contribution in [0.1, 0.15) is 30.1 Å². The van der Waals surface area contributed by atoms with Crippen molar-refractivity contribution in [3.63, 3.8) is 0 Å². The molecule has 84 valence electrons. The average Bonchev–Trinajstić information content (AvgIpc) is 2.61. The van der Waals surface area contributed by atoms with Gasteiger partial charge in [-0.2, -0.15) is 16.9 Å². The molecule has 0 unspecified atom stereocenters. The van der Waals surface area contributed by atoms with Crippen LogP contribution >= 0.6 is 11.8 Å². The summed E-state index contributed by atoms with van der Waals surface area (Å²) < 4.78 is 2.05. The maximum Gasteiger partial charge on any atom is 0.0640 e. The fraction of sp³-hybridized carbons (Fsp3) is 0.727. The maximum atomic E-state index is 5.55. The fourth-order valence-electron chi connectivity index (χ4n) is 2.19. The Bertz CT molecular complexity index is 316. The Hall–Kier alpha value is -0.480. The van der Waals surface area contributed by atoms with Crippen LogP contribution in [0.4, 0.5) is 0 Å². The van der Waals surface area contributed by atoms with Gasteiger partial charge in [-0.15, -0.1) is 0 Å². The Morgan fingerprint density at radius 1 is 1.53 bits per heavy atom. The molecule has 1 aliphatic rings. The number of rotatable bonds is 3. The number of hydrogen-bond donors (Lipinski definition) is 1. The lowest BCUT2D eigenvalue weighted by atomic mass is 9.98. The Balaban J connectivity index is 2.11. The standard InChI is InChI=1S/C11H19N3S/c1-14-11(8-10(13-14)2-5-12)9-3-6-15-7-4-9/h8-9H,2-7,12H2,1H3. The van der Waals surface area contributed by atoms with Gasteiger partial charge in [0, 0.05) is 25.1 Å². The van der Waals surface area contributed by atoms with E-state index in [1.165, 1.54) is 30.0 Å². The molecule has 2 rings (SSSR count). The molecule has 1 aromatic rings. The van der Waals surface area contributed by atoms with Crippen molar-refractivity contribution in [3.8, 4) is 0 Å². The third-order valence-corrected chi connectivity index (χ3v) is 4.06. The van der Waals surface area contributed by atoms with Gasteiger partial charge in [0.05, 0.1) is 5.69 Å². The summed E-state index contributed by atoms with van der Waals surface area (Å²) in [6.45, 7) is 0.691. The van der Waals surface area contributed by atoms with Gasteiger partial charge >= 0.3 is 0 Å². The highest BCUT2D eigenvalue weighted by atomic mass is 32.2. The lowest BCUT2D eigenvalue weighted by molar-refractivity contribution is 0.569. The van der Waals surface area contributed by atoms with Crippen molar-refractivity contribution in [3.05, 3.63) is 17.5 Å². The van der Waals surface area contributed by atoms with Gasteiger partial charge in [0.25, 0.3) is 0 Å². The lowest BCUT2D eigenvalue weighted by Gasteiger charge is -2.21. The van der Waals surface area contributed by atoms with Gasteiger partial charge in [-0.1, -0.05) is 0 Å². The van der Waals surface area contributed by atoms with Crippen molar-refractivity contribution in [1.29, 1.82) is 0 Å². The molecular weight excluding hydrogens is 206 g/mol. The molecule has 0 bridgehead atoms. The summed E-state index contributed by atoms with van der Waals surface area (Å²) in [5.74, 6) is 3.31. The Labute approximate surface area is 95.4 Å².